The quantitative estimate of drug-likeness (QED) is 0.756. The van der Waals surface area contributed by atoms with E-state index in [1.807, 2.05) is 6.92 Å². The van der Waals surface area contributed by atoms with Crippen molar-refractivity contribution in [1.29, 1.82) is 0 Å². The predicted octanol–water partition coefficient (Wildman–Crippen LogP) is 4.56. The number of aromatic nitrogens is 2. The number of alkyl halides is 3. The zero-order chi connectivity index (χ0) is 18.2. The van der Waals surface area contributed by atoms with E-state index in [4.69, 9.17) is 5.11 Å². The van der Waals surface area contributed by atoms with Gasteiger partial charge >= 0.3 is 12.1 Å². The van der Waals surface area contributed by atoms with Gasteiger partial charge in [0, 0.05) is 5.56 Å². The molecule has 0 saturated heterocycles. The molecule has 0 amide bonds. The van der Waals surface area contributed by atoms with Gasteiger partial charge in [-0.15, -0.1) is 0 Å². The summed E-state index contributed by atoms with van der Waals surface area (Å²) in [5, 5.41) is 12.6. The topological polar surface area (TPSA) is 55.1 Å². The number of aromatic carboxylic acids is 1. The fourth-order valence-corrected chi connectivity index (χ4v) is 2.39. The molecule has 1 N–H and O–H groups in total. The summed E-state index contributed by atoms with van der Waals surface area (Å²) in [7, 11) is 0. The molecule has 0 aliphatic heterocycles. The maximum absolute atomic E-state index is 13.1. The third kappa shape index (κ3) is 3.40. The lowest BCUT2D eigenvalue weighted by Crippen LogP contribution is -2.07. The monoisotopic (exact) mass is 346 g/mol. The first-order valence-electron chi connectivity index (χ1n) is 7.34. The highest BCUT2D eigenvalue weighted by Crippen LogP contribution is 2.33. The number of hydrogen-bond acceptors (Lipinski definition) is 2. The van der Waals surface area contributed by atoms with Gasteiger partial charge in [0.15, 0.2) is 5.69 Å². The number of halogens is 3. The van der Waals surface area contributed by atoms with E-state index in [2.05, 4.69) is 5.10 Å². The van der Waals surface area contributed by atoms with Gasteiger partial charge in [-0.2, -0.15) is 18.3 Å². The van der Waals surface area contributed by atoms with Crippen molar-refractivity contribution in [1.82, 2.24) is 9.78 Å². The molecule has 0 atom stereocenters. The molecule has 0 spiro atoms. The summed E-state index contributed by atoms with van der Waals surface area (Å²) in [6, 6.07) is 13.5. The molecule has 128 valence electrons. The molecule has 7 heteroatoms. The summed E-state index contributed by atoms with van der Waals surface area (Å²) >= 11 is 0. The first-order valence-corrected chi connectivity index (χ1v) is 7.34. The molecule has 3 aromatic rings. The van der Waals surface area contributed by atoms with Gasteiger partial charge in [-0.05, 0) is 37.3 Å². The van der Waals surface area contributed by atoms with Crippen LogP contribution in [0.25, 0.3) is 16.9 Å². The van der Waals surface area contributed by atoms with Crippen LogP contribution in [0.3, 0.4) is 0 Å². The van der Waals surface area contributed by atoms with E-state index in [0.29, 0.717) is 11.3 Å². The van der Waals surface area contributed by atoms with Crippen molar-refractivity contribution >= 4 is 5.97 Å². The van der Waals surface area contributed by atoms with Gasteiger partial charge in [0.25, 0.3) is 0 Å². The molecule has 0 bridgehead atoms. The van der Waals surface area contributed by atoms with Gasteiger partial charge < -0.3 is 5.11 Å². The molecular formula is C18H13F3N2O2. The number of carboxylic acids is 1. The van der Waals surface area contributed by atoms with Crippen LogP contribution in [-0.2, 0) is 6.18 Å². The predicted molar refractivity (Wildman–Crippen MR) is 85.7 cm³/mol. The summed E-state index contributed by atoms with van der Waals surface area (Å²) in [6.07, 6.45) is -4.58. The highest BCUT2D eigenvalue weighted by Gasteiger charge is 2.35. The van der Waals surface area contributed by atoms with E-state index in [0.717, 1.165) is 11.6 Å². The Labute approximate surface area is 141 Å². The van der Waals surface area contributed by atoms with Gasteiger partial charge in [-0.3, -0.25) is 0 Å². The van der Waals surface area contributed by atoms with Crippen molar-refractivity contribution < 1.29 is 23.1 Å². The van der Waals surface area contributed by atoms with Crippen molar-refractivity contribution in [2.75, 3.05) is 0 Å². The Bertz CT molecular complexity index is 911. The number of benzene rings is 2. The summed E-state index contributed by atoms with van der Waals surface area (Å²) in [6.45, 7) is 1.88. The Morgan fingerprint density at radius 2 is 1.64 bits per heavy atom. The molecule has 0 fully saturated rings. The number of rotatable bonds is 3. The highest BCUT2D eigenvalue weighted by atomic mass is 19.4. The second-order valence-electron chi connectivity index (χ2n) is 5.54. The van der Waals surface area contributed by atoms with Crippen LogP contribution in [-0.4, -0.2) is 20.9 Å². The Morgan fingerprint density at radius 1 is 1.04 bits per heavy atom. The number of carbonyl (C=O) groups is 1. The molecule has 0 aliphatic carbocycles. The third-order valence-corrected chi connectivity index (χ3v) is 3.71. The minimum atomic E-state index is -4.58. The molecule has 1 heterocycles. The van der Waals surface area contributed by atoms with Crippen molar-refractivity contribution in [2.45, 2.75) is 13.1 Å². The zero-order valence-electron chi connectivity index (χ0n) is 13.1. The molecule has 4 nitrogen and oxygen atoms in total. The van der Waals surface area contributed by atoms with E-state index in [1.54, 1.807) is 24.3 Å². The van der Waals surface area contributed by atoms with Gasteiger partial charge in [0.1, 0.15) is 0 Å². The molecule has 3 rings (SSSR count). The fourth-order valence-electron chi connectivity index (χ4n) is 2.39. The van der Waals surface area contributed by atoms with E-state index in [-0.39, 0.29) is 11.3 Å². The molecule has 0 radical (unpaired) electrons. The minimum Gasteiger partial charge on any atom is -0.478 e. The van der Waals surface area contributed by atoms with Crippen LogP contribution >= 0.6 is 0 Å². The maximum Gasteiger partial charge on any atom is 0.435 e. The van der Waals surface area contributed by atoms with Crippen LogP contribution in [0.1, 0.15) is 21.6 Å². The third-order valence-electron chi connectivity index (χ3n) is 3.71. The van der Waals surface area contributed by atoms with Gasteiger partial charge in [0.05, 0.1) is 16.9 Å². The summed E-state index contributed by atoms with van der Waals surface area (Å²) in [5.41, 5.74) is 1.22. The molecule has 0 unspecified atom stereocenters. The number of carboxylic acid groups (broad SMARTS) is 1. The van der Waals surface area contributed by atoms with Gasteiger partial charge in [0.2, 0.25) is 0 Å². The lowest BCUT2D eigenvalue weighted by Gasteiger charge is -2.08. The van der Waals surface area contributed by atoms with Crippen molar-refractivity contribution in [3.63, 3.8) is 0 Å². The SMILES string of the molecule is Cc1ccc(-c2cc(C(F)(F)F)nn2-c2ccc(C(=O)O)cc2)cc1. The summed E-state index contributed by atoms with van der Waals surface area (Å²) in [5.74, 6) is -1.11. The van der Waals surface area contributed by atoms with E-state index in [1.165, 1.54) is 28.9 Å². The molecule has 0 aliphatic rings. The fraction of sp³-hybridized carbons (Fsp3) is 0.111. The first kappa shape index (κ1) is 16.8. The lowest BCUT2D eigenvalue weighted by molar-refractivity contribution is -0.141. The molecule has 1 aromatic heterocycles. The second-order valence-corrected chi connectivity index (χ2v) is 5.54. The molecule has 25 heavy (non-hydrogen) atoms. The van der Waals surface area contributed by atoms with E-state index in [9.17, 15) is 18.0 Å². The second kappa shape index (κ2) is 6.08. The molecule has 0 saturated carbocycles. The number of nitrogens with zero attached hydrogens (tertiary/aromatic N) is 2. The Hall–Kier alpha value is -3.09. The minimum absolute atomic E-state index is 0.0452. The normalized spacial score (nSPS) is 11.5. The number of aryl methyl sites for hydroxylation is 1. The average Bonchev–Trinajstić information content (AvgIpc) is 3.01. The summed E-state index contributed by atoms with van der Waals surface area (Å²) in [4.78, 5) is 10.9. The van der Waals surface area contributed by atoms with Crippen LogP contribution in [0.2, 0.25) is 0 Å². The van der Waals surface area contributed by atoms with Crippen molar-refractivity contribution in [3.8, 4) is 16.9 Å². The smallest absolute Gasteiger partial charge is 0.435 e. The lowest BCUT2D eigenvalue weighted by atomic mass is 10.1. The Morgan fingerprint density at radius 3 is 2.16 bits per heavy atom. The Kier molecular flexibility index (Phi) is 4.08. The molecular weight excluding hydrogens is 333 g/mol. The Balaban J connectivity index is 2.15. The van der Waals surface area contributed by atoms with Crippen LogP contribution in [0.4, 0.5) is 13.2 Å². The van der Waals surface area contributed by atoms with Crippen molar-refractivity contribution in [3.05, 3.63) is 71.4 Å². The van der Waals surface area contributed by atoms with Crippen molar-refractivity contribution in [2.24, 2.45) is 0 Å². The zero-order valence-corrected chi connectivity index (χ0v) is 13.1. The van der Waals surface area contributed by atoms with Crippen LogP contribution in [0, 0.1) is 6.92 Å². The van der Waals surface area contributed by atoms with Crippen LogP contribution in [0.15, 0.2) is 54.6 Å². The highest BCUT2D eigenvalue weighted by molar-refractivity contribution is 5.87. The number of hydrogen-bond donors (Lipinski definition) is 1. The molecule has 2 aromatic carbocycles. The first-order chi connectivity index (χ1) is 11.8. The average molecular weight is 346 g/mol. The van der Waals surface area contributed by atoms with Gasteiger partial charge in [-0.1, -0.05) is 29.8 Å². The van der Waals surface area contributed by atoms with Gasteiger partial charge in [-0.25, -0.2) is 9.48 Å². The maximum atomic E-state index is 13.1. The van der Waals surface area contributed by atoms with Crippen LogP contribution in [0.5, 0.6) is 0 Å². The standard InChI is InChI=1S/C18H13F3N2O2/c1-11-2-4-12(5-3-11)15-10-16(18(19,20)21)22-23(15)14-8-6-13(7-9-14)17(24)25/h2-10H,1H3,(H,24,25). The van der Waals surface area contributed by atoms with Crippen LogP contribution < -0.4 is 0 Å². The largest absolute Gasteiger partial charge is 0.478 e. The summed E-state index contributed by atoms with van der Waals surface area (Å²) < 4.78 is 40.4. The van der Waals surface area contributed by atoms with E-state index < -0.39 is 17.8 Å². The van der Waals surface area contributed by atoms with E-state index >= 15 is 0 Å².